The summed E-state index contributed by atoms with van der Waals surface area (Å²) >= 11 is 0. The Hall–Kier alpha value is -1.29. The second-order valence-electron chi connectivity index (χ2n) is 4.06. The maximum absolute atomic E-state index is 10.9. The molecule has 1 heterocycles. The Bertz CT molecular complexity index is 354. The lowest BCUT2D eigenvalue weighted by Gasteiger charge is -2.12. The second-order valence-corrected chi connectivity index (χ2v) is 4.06. The zero-order chi connectivity index (χ0) is 10.8. The van der Waals surface area contributed by atoms with E-state index in [0.717, 1.165) is 24.2 Å². The van der Waals surface area contributed by atoms with Gasteiger partial charge in [0.15, 0.2) is 0 Å². The van der Waals surface area contributed by atoms with Crippen molar-refractivity contribution in [3.05, 3.63) is 23.7 Å². The van der Waals surface area contributed by atoms with Crippen LogP contribution in [-0.4, -0.2) is 17.1 Å². The predicted octanol–water partition coefficient (Wildman–Crippen LogP) is 1.54. The lowest BCUT2D eigenvalue weighted by Crippen LogP contribution is -2.38. The van der Waals surface area contributed by atoms with E-state index in [1.807, 2.05) is 13.0 Å². The van der Waals surface area contributed by atoms with Crippen LogP contribution in [0.3, 0.4) is 0 Å². The molecule has 0 saturated heterocycles. The molecule has 4 heteroatoms. The molecule has 0 radical (unpaired) electrons. The molecule has 1 unspecified atom stereocenters. The molecule has 0 aliphatic heterocycles. The molecule has 0 bridgehead atoms. The Kier molecular flexibility index (Phi) is 2.77. The smallest absolute Gasteiger partial charge is 0.320 e. The van der Waals surface area contributed by atoms with E-state index in [4.69, 9.17) is 9.52 Å². The zero-order valence-corrected chi connectivity index (χ0v) is 8.69. The third-order valence-corrected chi connectivity index (χ3v) is 2.81. The number of hydrogen-bond acceptors (Lipinski definition) is 3. The Labute approximate surface area is 88.3 Å². The van der Waals surface area contributed by atoms with E-state index in [2.05, 4.69) is 5.32 Å². The molecule has 4 nitrogen and oxygen atoms in total. The molecule has 1 aromatic heterocycles. The van der Waals surface area contributed by atoms with Gasteiger partial charge in [-0.1, -0.05) is 0 Å². The van der Waals surface area contributed by atoms with Crippen LogP contribution in [0.1, 0.15) is 24.2 Å². The van der Waals surface area contributed by atoms with E-state index in [1.165, 1.54) is 0 Å². The third-order valence-electron chi connectivity index (χ3n) is 2.81. The van der Waals surface area contributed by atoms with Gasteiger partial charge in [-0.25, -0.2) is 0 Å². The molecule has 0 aromatic carbocycles. The highest BCUT2D eigenvalue weighted by molar-refractivity contribution is 5.74. The van der Waals surface area contributed by atoms with Gasteiger partial charge < -0.3 is 9.52 Å². The summed E-state index contributed by atoms with van der Waals surface area (Å²) in [5, 5.41) is 12.0. The molecule has 1 fully saturated rings. The number of carboxylic acid groups (broad SMARTS) is 1. The predicted molar refractivity (Wildman–Crippen MR) is 54.4 cm³/mol. The number of carbonyl (C=O) groups is 1. The van der Waals surface area contributed by atoms with Crippen molar-refractivity contribution >= 4 is 5.97 Å². The van der Waals surface area contributed by atoms with E-state index < -0.39 is 12.0 Å². The molecule has 1 aliphatic carbocycles. The largest absolute Gasteiger partial charge is 0.480 e. The van der Waals surface area contributed by atoms with Crippen molar-refractivity contribution in [2.75, 3.05) is 0 Å². The van der Waals surface area contributed by atoms with Crippen LogP contribution >= 0.6 is 0 Å². The van der Waals surface area contributed by atoms with Crippen LogP contribution in [-0.2, 0) is 11.3 Å². The first-order valence-electron chi connectivity index (χ1n) is 5.17. The first kappa shape index (κ1) is 10.2. The average molecular weight is 209 g/mol. The maximum atomic E-state index is 10.9. The van der Waals surface area contributed by atoms with Gasteiger partial charge in [-0.3, -0.25) is 10.1 Å². The summed E-state index contributed by atoms with van der Waals surface area (Å²) in [6.07, 6.45) is 3.65. The summed E-state index contributed by atoms with van der Waals surface area (Å²) in [4.78, 5) is 10.9. The van der Waals surface area contributed by atoms with E-state index in [-0.39, 0.29) is 0 Å². The fourth-order valence-corrected chi connectivity index (χ4v) is 1.67. The van der Waals surface area contributed by atoms with Crippen LogP contribution in [0.5, 0.6) is 0 Å². The Morgan fingerprint density at radius 2 is 2.47 bits per heavy atom. The van der Waals surface area contributed by atoms with E-state index in [1.54, 1.807) is 6.26 Å². The van der Waals surface area contributed by atoms with Crippen LogP contribution in [0.4, 0.5) is 0 Å². The van der Waals surface area contributed by atoms with Gasteiger partial charge >= 0.3 is 5.97 Å². The summed E-state index contributed by atoms with van der Waals surface area (Å²) in [5.74, 6) is 0.362. The van der Waals surface area contributed by atoms with E-state index >= 15 is 0 Å². The standard InChI is InChI=1S/C11H15NO3/c1-7-4-5-15-9(7)6-12-10(11(13)14)8-2-3-8/h4-5,8,10,12H,2-3,6H2,1H3,(H,13,14). The normalized spacial score (nSPS) is 17.7. The molecule has 0 spiro atoms. The van der Waals surface area contributed by atoms with Crippen molar-refractivity contribution in [2.24, 2.45) is 5.92 Å². The topological polar surface area (TPSA) is 62.5 Å². The van der Waals surface area contributed by atoms with Crippen LogP contribution in [0.25, 0.3) is 0 Å². The highest BCUT2D eigenvalue weighted by Crippen LogP contribution is 2.32. The molecule has 1 saturated carbocycles. The highest BCUT2D eigenvalue weighted by Gasteiger charge is 2.35. The number of nitrogens with one attached hydrogen (secondary N) is 1. The zero-order valence-electron chi connectivity index (χ0n) is 8.69. The fraction of sp³-hybridized carbons (Fsp3) is 0.545. The molecule has 15 heavy (non-hydrogen) atoms. The van der Waals surface area contributed by atoms with E-state index in [0.29, 0.717) is 12.5 Å². The van der Waals surface area contributed by atoms with Gasteiger partial charge in [0.25, 0.3) is 0 Å². The lowest BCUT2D eigenvalue weighted by atomic mass is 10.2. The maximum Gasteiger partial charge on any atom is 0.320 e. The number of rotatable bonds is 5. The summed E-state index contributed by atoms with van der Waals surface area (Å²) in [6.45, 7) is 2.44. The third kappa shape index (κ3) is 2.39. The highest BCUT2D eigenvalue weighted by atomic mass is 16.4. The minimum atomic E-state index is -0.762. The van der Waals surface area contributed by atoms with Gasteiger partial charge in [-0.15, -0.1) is 0 Å². The van der Waals surface area contributed by atoms with Gasteiger partial charge in [-0.05, 0) is 37.3 Å². The molecule has 1 aliphatic rings. The minimum absolute atomic E-state index is 0.303. The van der Waals surface area contributed by atoms with Crippen LogP contribution in [0.15, 0.2) is 16.7 Å². The molecule has 1 aromatic rings. The van der Waals surface area contributed by atoms with Gasteiger partial charge in [0.05, 0.1) is 12.8 Å². The quantitative estimate of drug-likeness (QED) is 0.772. The molecular formula is C11H15NO3. The molecule has 82 valence electrons. The molecule has 1 atom stereocenters. The number of aliphatic carboxylic acids is 1. The SMILES string of the molecule is Cc1ccoc1CNC(C(=O)O)C1CC1. The molecular weight excluding hydrogens is 194 g/mol. The van der Waals surface area contributed by atoms with Crippen molar-refractivity contribution in [2.45, 2.75) is 32.4 Å². The molecule has 2 rings (SSSR count). The van der Waals surface area contributed by atoms with E-state index in [9.17, 15) is 4.79 Å². The number of hydrogen-bond donors (Lipinski definition) is 2. The van der Waals surface area contributed by atoms with Crippen LogP contribution < -0.4 is 5.32 Å². The average Bonchev–Trinajstić information content (AvgIpc) is 2.92. The van der Waals surface area contributed by atoms with Crippen molar-refractivity contribution in [1.82, 2.24) is 5.32 Å². The second kappa shape index (κ2) is 4.06. The summed E-state index contributed by atoms with van der Waals surface area (Å²) in [5.41, 5.74) is 1.06. The lowest BCUT2D eigenvalue weighted by molar-refractivity contribution is -0.140. The first-order valence-corrected chi connectivity index (χ1v) is 5.17. The van der Waals surface area contributed by atoms with Crippen molar-refractivity contribution in [3.8, 4) is 0 Å². The summed E-state index contributed by atoms with van der Waals surface area (Å²) < 4.78 is 5.24. The van der Waals surface area contributed by atoms with Crippen molar-refractivity contribution in [1.29, 1.82) is 0 Å². The van der Waals surface area contributed by atoms with Gasteiger partial charge in [-0.2, -0.15) is 0 Å². The minimum Gasteiger partial charge on any atom is -0.480 e. The van der Waals surface area contributed by atoms with Crippen LogP contribution in [0.2, 0.25) is 0 Å². The van der Waals surface area contributed by atoms with Crippen LogP contribution in [0, 0.1) is 12.8 Å². The summed E-state index contributed by atoms with van der Waals surface area (Å²) in [6, 6.07) is 1.46. The molecule has 0 amide bonds. The summed E-state index contributed by atoms with van der Waals surface area (Å²) in [7, 11) is 0. The first-order chi connectivity index (χ1) is 7.18. The number of furan rings is 1. The van der Waals surface area contributed by atoms with Crippen molar-refractivity contribution in [3.63, 3.8) is 0 Å². The van der Waals surface area contributed by atoms with Gasteiger partial charge in [0.2, 0.25) is 0 Å². The van der Waals surface area contributed by atoms with Gasteiger partial charge in [0, 0.05) is 0 Å². The van der Waals surface area contributed by atoms with Gasteiger partial charge in [0.1, 0.15) is 11.8 Å². The Morgan fingerprint density at radius 1 is 1.73 bits per heavy atom. The van der Waals surface area contributed by atoms with Crippen molar-refractivity contribution < 1.29 is 14.3 Å². The molecule has 2 N–H and O–H groups in total. The number of aryl methyl sites for hydroxylation is 1. The Morgan fingerprint density at radius 3 is 2.93 bits per heavy atom. The number of carboxylic acids is 1. The monoisotopic (exact) mass is 209 g/mol. The fourth-order valence-electron chi connectivity index (χ4n) is 1.67. The Balaban J connectivity index is 1.91.